The van der Waals surface area contributed by atoms with E-state index in [9.17, 15) is 27.2 Å². The third kappa shape index (κ3) is 3.31. The number of hydrogen-bond donors (Lipinski definition) is 2. The number of aromatic carboxylic acids is 1. The van der Waals surface area contributed by atoms with Crippen molar-refractivity contribution in [2.75, 3.05) is 5.32 Å². The van der Waals surface area contributed by atoms with Crippen molar-refractivity contribution < 1.29 is 32.3 Å². The summed E-state index contributed by atoms with van der Waals surface area (Å²) in [7, 11) is 0. The summed E-state index contributed by atoms with van der Waals surface area (Å²) in [6.07, 6.45) is -4.21. The van der Waals surface area contributed by atoms with Gasteiger partial charge in [0, 0.05) is 0 Å². The Morgan fingerprint density at radius 3 is 2.00 bits per heavy atom. The van der Waals surface area contributed by atoms with Crippen LogP contribution in [0.1, 0.15) is 10.4 Å². The van der Waals surface area contributed by atoms with Crippen molar-refractivity contribution in [3.05, 3.63) is 27.7 Å². The van der Waals surface area contributed by atoms with E-state index < -0.39 is 40.0 Å². The lowest BCUT2D eigenvalue weighted by atomic mass is 10.2. The van der Waals surface area contributed by atoms with E-state index in [4.69, 9.17) is 28.3 Å². The van der Waals surface area contributed by atoms with Gasteiger partial charge in [0.15, 0.2) is 0 Å². The molecule has 10 heteroatoms. The van der Waals surface area contributed by atoms with Gasteiger partial charge in [-0.05, 0) is 12.1 Å². The Balaban J connectivity index is 3.11. The van der Waals surface area contributed by atoms with Crippen molar-refractivity contribution in [2.24, 2.45) is 0 Å². The summed E-state index contributed by atoms with van der Waals surface area (Å²) in [5.41, 5.74) is -0.942. The van der Waals surface area contributed by atoms with Crippen LogP contribution in [-0.2, 0) is 4.79 Å². The van der Waals surface area contributed by atoms with Gasteiger partial charge < -0.3 is 10.4 Å². The molecule has 0 unspecified atom stereocenters. The van der Waals surface area contributed by atoms with Crippen molar-refractivity contribution in [2.45, 2.75) is 12.3 Å². The second-order valence-electron chi connectivity index (χ2n) is 3.50. The first-order chi connectivity index (χ1) is 9.07. The molecule has 0 heterocycles. The first-order valence-electron chi connectivity index (χ1n) is 4.77. The maximum atomic E-state index is 12.8. The average Bonchev–Trinajstić information content (AvgIpc) is 2.32. The molecule has 0 spiro atoms. The van der Waals surface area contributed by atoms with Gasteiger partial charge in [0.05, 0.1) is 21.3 Å². The van der Waals surface area contributed by atoms with Gasteiger partial charge >= 0.3 is 24.2 Å². The van der Waals surface area contributed by atoms with Gasteiger partial charge in [-0.2, -0.15) is 8.78 Å². The molecule has 0 radical (unpaired) electrons. The molecule has 1 aromatic rings. The summed E-state index contributed by atoms with van der Waals surface area (Å²) >= 11 is 11.1. The standard InChI is InChI=1S/C10H5Cl2F4NO3/c11-4-1-3(7(18)19)2-5(12)6(4)17-9(20)10(15,16)8(13)14/h1-2,8H,(H,17,20)(H,18,19). The molecule has 0 atom stereocenters. The Hall–Kier alpha value is -1.54. The van der Waals surface area contributed by atoms with Crippen molar-refractivity contribution in [3.8, 4) is 0 Å². The van der Waals surface area contributed by atoms with Crippen molar-refractivity contribution >= 4 is 40.8 Å². The number of alkyl halides is 4. The average molecular weight is 334 g/mol. The van der Waals surface area contributed by atoms with E-state index >= 15 is 0 Å². The van der Waals surface area contributed by atoms with Crippen molar-refractivity contribution in [1.82, 2.24) is 0 Å². The van der Waals surface area contributed by atoms with Crippen molar-refractivity contribution in [1.29, 1.82) is 0 Å². The second-order valence-corrected chi connectivity index (χ2v) is 4.31. The molecule has 1 aromatic carbocycles. The molecule has 0 aromatic heterocycles. The third-order valence-corrected chi connectivity index (χ3v) is 2.70. The number of halogens is 6. The number of carbonyl (C=O) groups excluding carboxylic acids is 1. The molecule has 1 amide bonds. The number of carbonyl (C=O) groups is 2. The largest absolute Gasteiger partial charge is 0.478 e. The van der Waals surface area contributed by atoms with Crippen LogP contribution in [0.15, 0.2) is 12.1 Å². The van der Waals surface area contributed by atoms with E-state index in [1.165, 1.54) is 5.32 Å². The van der Waals surface area contributed by atoms with Gasteiger partial charge in [-0.1, -0.05) is 23.2 Å². The zero-order valence-corrected chi connectivity index (χ0v) is 10.8. The molecular weight excluding hydrogens is 329 g/mol. The highest BCUT2D eigenvalue weighted by Crippen LogP contribution is 2.34. The molecule has 0 aliphatic heterocycles. The van der Waals surface area contributed by atoms with E-state index in [1.54, 1.807) is 0 Å². The van der Waals surface area contributed by atoms with E-state index in [1.807, 2.05) is 0 Å². The molecule has 4 nitrogen and oxygen atoms in total. The Bertz CT molecular complexity index is 542. The highest BCUT2D eigenvalue weighted by Gasteiger charge is 2.49. The van der Waals surface area contributed by atoms with Crippen molar-refractivity contribution in [3.63, 3.8) is 0 Å². The minimum Gasteiger partial charge on any atom is -0.478 e. The lowest BCUT2D eigenvalue weighted by Crippen LogP contribution is -2.41. The number of anilines is 1. The number of hydrogen-bond acceptors (Lipinski definition) is 2. The molecule has 20 heavy (non-hydrogen) atoms. The smallest absolute Gasteiger partial charge is 0.383 e. The summed E-state index contributed by atoms with van der Waals surface area (Å²) in [5, 5.41) is 9.17. The van der Waals surface area contributed by atoms with Gasteiger partial charge in [-0.15, -0.1) is 0 Å². The third-order valence-electron chi connectivity index (χ3n) is 2.10. The molecular formula is C10H5Cl2F4NO3. The quantitative estimate of drug-likeness (QED) is 0.828. The predicted octanol–water partition coefficient (Wildman–Crippen LogP) is 3.53. The topological polar surface area (TPSA) is 66.4 Å². The minimum atomic E-state index is -4.93. The fourth-order valence-electron chi connectivity index (χ4n) is 1.11. The number of carboxylic acid groups (broad SMARTS) is 1. The van der Waals surface area contributed by atoms with Crippen LogP contribution in [0, 0.1) is 0 Å². The Kier molecular flexibility index (Phi) is 4.82. The highest BCUT2D eigenvalue weighted by atomic mass is 35.5. The molecule has 0 aliphatic rings. The Morgan fingerprint density at radius 2 is 1.65 bits per heavy atom. The number of carboxylic acids is 1. The van der Waals surface area contributed by atoms with Crippen LogP contribution in [0.5, 0.6) is 0 Å². The summed E-state index contributed by atoms with van der Waals surface area (Å²) < 4.78 is 49.5. The monoisotopic (exact) mass is 333 g/mol. The number of rotatable bonds is 4. The Labute approximate surface area is 119 Å². The van der Waals surface area contributed by atoms with E-state index in [0.29, 0.717) is 0 Å². The van der Waals surface area contributed by atoms with E-state index in [0.717, 1.165) is 12.1 Å². The molecule has 1 rings (SSSR count). The summed E-state index contributed by atoms with van der Waals surface area (Å²) in [5.74, 6) is -8.64. The van der Waals surface area contributed by atoms with Crippen LogP contribution in [-0.4, -0.2) is 29.3 Å². The zero-order valence-electron chi connectivity index (χ0n) is 9.26. The molecule has 2 N–H and O–H groups in total. The molecule has 0 aliphatic carbocycles. The molecule has 110 valence electrons. The normalized spacial score (nSPS) is 11.6. The predicted molar refractivity (Wildman–Crippen MR) is 63.0 cm³/mol. The van der Waals surface area contributed by atoms with Crippen LogP contribution in [0.25, 0.3) is 0 Å². The van der Waals surface area contributed by atoms with Gasteiger partial charge in [0.1, 0.15) is 0 Å². The molecule has 0 saturated heterocycles. The molecule has 0 bridgehead atoms. The van der Waals surface area contributed by atoms with Crippen LogP contribution < -0.4 is 5.32 Å². The van der Waals surface area contributed by atoms with Gasteiger partial charge in [0.25, 0.3) is 0 Å². The fraction of sp³-hybridized carbons (Fsp3) is 0.200. The summed E-state index contributed by atoms with van der Waals surface area (Å²) in [4.78, 5) is 21.7. The lowest BCUT2D eigenvalue weighted by molar-refractivity contribution is -0.163. The molecule has 0 fully saturated rings. The SMILES string of the molecule is O=C(O)c1cc(Cl)c(NC(=O)C(F)(F)C(F)F)c(Cl)c1. The fourth-order valence-corrected chi connectivity index (χ4v) is 1.69. The van der Waals surface area contributed by atoms with Crippen LogP contribution >= 0.6 is 23.2 Å². The second kappa shape index (κ2) is 5.84. The van der Waals surface area contributed by atoms with Gasteiger partial charge in [-0.25, -0.2) is 13.6 Å². The van der Waals surface area contributed by atoms with Gasteiger partial charge in [0.2, 0.25) is 0 Å². The van der Waals surface area contributed by atoms with Crippen LogP contribution in [0.3, 0.4) is 0 Å². The zero-order chi connectivity index (χ0) is 15.7. The first-order valence-corrected chi connectivity index (χ1v) is 5.52. The number of benzene rings is 1. The Morgan fingerprint density at radius 1 is 1.20 bits per heavy atom. The lowest BCUT2D eigenvalue weighted by Gasteiger charge is -2.16. The number of nitrogens with one attached hydrogen (secondary N) is 1. The van der Waals surface area contributed by atoms with E-state index in [2.05, 4.69) is 0 Å². The maximum Gasteiger partial charge on any atom is 0.383 e. The number of amides is 1. The van der Waals surface area contributed by atoms with Crippen LogP contribution in [0.4, 0.5) is 23.2 Å². The van der Waals surface area contributed by atoms with Gasteiger partial charge in [-0.3, -0.25) is 4.79 Å². The summed E-state index contributed by atoms with van der Waals surface area (Å²) in [6.45, 7) is 0. The molecule has 0 saturated carbocycles. The first kappa shape index (κ1) is 16.5. The highest BCUT2D eigenvalue weighted by molar-refractivity contribution is 6.40. The maximum absolute atomic E-state index is 12.8. The minimum absolute atomic E-state index is 0.362. The van der Waals surface area contributed by atoms with E-state index in [-0.39, 0.29) is 5.56 Å². The summed E-state index contributed by atoms with van der Waals surface area (Å²) in [6, 6.07) is 1.65. The van der Waals surface area contributed by atoms with Crippen LogP contribution in [0.2, 0.25) is 10.0 Å².